The summed E-state index contributed by atoms with van der Waals surface area (Å²) in [6, 6.07) is -0.0898. The van der Waals surface area contributed by atoms with Crippen LogP contribution in [0, 0.1) is 0 Å². The molecule has 1 amide bonds. The molecule has 130 valence electrons. The van der Waals surface area contributed by atoms with E-state index in [-0.39, 0.29) is 11.9 Å². The third-order valence-corrected chi connectivity index (χ3v) is 4.73. The second kappa shape index (κ2) is 7.59. The van der Waals surface area contributed by atoms with Crippen molar-refractivity contribution in [3.8, 4) is 0 Å². The highest BCUT2D eigenvalue weighted by Gasteiger charge is 2.20. The fraction of sp³-hybridized carbons (Fsp3) is 0.647. The third-order valence-electron chi connectivity index (χ3n) is 4.73. The molecule has 0 fully saturated rings. The van der Waals surface area contributed by atoms with Crippen molar-refractivity contribution >= 4 is 5.91 Å². The first kappa shape index (κ1) is 16.7. The number of aromatic amines is 1. The number of aromatic nitrogens is 5. The predicted molar refractivity (Wildman–Crippen MR) is 90.4 cm³/mol. The molecule has 0 saturated heterocycles. The van der Waals surface area contributed by atoms with Crippen LogP contribution in [0.2, 0.25) is 0 Å². The van der Waals surface area contributed by atoms with Gasteiger partial charge >= 0.3 is 0 Å². The standard InChI is InChI=1S/C17H26N6O/c1-3-13(17-18-11-19-23(17)4-2)20-16(24)10-9-15-12-7-5-6-8-14(12)21-22-15/h11,13H,3-10H2,1-2H3,(H,20,24)(H,21,22)/t13-/m0/s1. The first-order valence-corrected chi connectivity index (χ1v) is 8.95. The van der Waals surface area contributed by atoms with E-state index in [0.29, 0.717) is 12.8 Å². The minimum Gasteiger partial charge on any atom is -0.346 e. The van der Waals surface area contributed by atoms with Gasteiger partial charge in [-0.15, -0.1) is 0 Å². The molecule has 1 aliphatic rings. The number of nitrogens with one attached hydrogen (secondary N) is 2. The molecule has 7 nitrogen and oxygen atoms in total. The van der Waals surface area contributed by atoms with Crippen molar-refractivity contribution in [3.63, 3.8) is 0 Å². The Morgan fingerprint density at radius 2 is 2.21 bits per heavy atom. The van der Waals surface area contributed by atoms with Crippen molar-refractivity contribution < 1.29 is 4.79 Å². The molecule has 2 aromatic heterocycles. The zero-order chi connectivity index (χ0) is 16.9. The summed E-state index contributed by atoms with van der Waals surface area (Å²) < 4.78 is 1.83. The maximum absolute atomic E-state index is 12.4. The molecule has 2 heterocycles. The predicted octanol–water partition coefficient (Wildman–Crippen LogP) is 2.10. The first-order chi connectivity index (χ1) is 11.7. The van der Waals surface area contributed by atoms with Crippen LogP contribution in [0.25, 0.3) is 0 Å². The molecular weight excluding hydrogens is 304 g/mol. The minimum atomic E-state index is -0.0898. The van der Waals surface area contributed by atoms with Crippen LogP contribution in [0.15, 0.2) is 6.33 Å². The van der Waals surface area contributed by atoms with Gasteiger partial charge in [0, 0.05) is 25.1 Å². The number of H-pyrrole nitrogens is 1. The fourth-order valence-corrected chi connectivity index (χ4v) is 3.39. The summed E-state index contributed by atoms with van der Waals surface area (Å²) in [4.78, 5) is 16.7. The van der Waals surface area contributed by atoms with E-state index in [0.717, 1.165) is 37.3 Å². The molecule has 3 rings (SSSR count). The van der Waals surface area contributed by atoms with E-state index < -0.39 is 0 Å². The summed E-state index contributed by atoms with van der Waals surface area (Å²) in [6.07, 6.45) is 8.09. The second-order valence-electron chi connectivity index (χ2n) is 6.30. The van der Waals surface area contributed by atoms with Crippen LogP contribution in [0.5, 0.6) is 0 Å². The fourth-order valence-electron chi connectivity index (χ4n) is 3.39. The normalized spacial score (nSPS) is 15.1. The van der Waals surface area contributed by atoms with E-state index in [1.54, 1.807) is 6.33 Å². The largest absolute Gasteiger partial charge is 0.346 e. The number of rotatable bonds is 7. The van der Waals surface area contributed by atoms with Crippen molar-refractivity contribution in [1.29, 1.82) is 0 Å². The molecule has 0 aromatic carbocycles. The van der Waals surface area contributed by atoms with E-state index in [1.165, 1.54) is 24.1 Å². The molecule has 1 atom stereocenters. The zero-order valence-corrected chi connectivity index (χ0v) is 14.5. The highest BCUT2D eigenvalue weighted by Crippen LogP contribution is 2.23. The van der Waals surface area contributed by atoms with Gasteiger partial charge in [-0.25, -0.2) is 9.67 Å². The number of nitrogens with zero attached hydrogens (tertiary/aromatic N) is 4. The molecule has 0 spiro atoms. The van der Waals surface area contributed by atoms with Gasteiger partial charge < -0.3 is 5.32 Å². The Hall–Kier alpha value is -2.18. The van der Waals surface area contributed by atoms with Crippen LogP contribution < -0.4 is 5.32 Å². The van der Waals surface area contributed by atoms with Crippen LogP contribution in [0.1, 0.15) is 68.3 Å². The van der Waals surface area contributed by atoms with E-state index in [2.05, 4.69) is 25.6 Å². The lowest BCUT2D eigenvalue weighted by Crippen LogP contribution is -2.30. The Morgan fingerprint density at radius 1 is 1.38 bits per heavy atom. The SMILES string of the molecule is CC[C@H](NC(=O)CCc1n[nH]c2c1CCCC2)c1ncnn1CC. The summed E-state index contributed by atoms with van der Waals surface area (Å²) >= 11 is 0. The Balaban J connectivity index is 1.58. The van der Waals surface area contributed by atoms with Gasteiger partial charge in [0.2, 0.25) is 5.91 Å². The van der Waals surface area contributed by atoms with Crippen molar-refractivity contribution in [3.05, 3.63) is 29.1 Å². The maximum Gasteiger partial charge on any atom is 0.220 e. The van der Waals surface area contributed by atoms with Crippen LogP contribution >= 0.6 is 0 Å². The lowest BCUT2D eigenvalue weighted by Gasteiger charge is -2.17. The number of carbonyl (C=O) groups is 1. The Bertz CT molecular complexity index is 689. The van der Waals surface area contributed by atoms with Crippen LogP contribution in [0.4, 0.5) is 0 Å². The molecule has 0 aliphatic heterocycles. The highest BCUT2D eigenvalue weighted by molar-refractivity contribution is 5.76. The van der Waals surface area contributed by atoms with Gasteiger partial charge in [-0.1, -0.05) is 6.92 Å². The summed E-state index contributed by atoms with van der Waals surface area (Å²) in [5.74, 6) is 0.866. The molecule has 1 aliphatic carbocycles. The monoisotopic (exact) mass is 330 g/mol. The van der Waals surface area contributed by atoms with Gasteiger partial charge in [-0.3, -0.25) is 9.89 Å². The van der Waals surface area contributed by atoms with E-state index in [4.69, 9.17) is 0 Å². The topological polar surface area (TPSA) is 88.5 Å². The number of fused-ring (bicyclic) bond motifs is 1. The van der Waals surface area contributed by atoms with Gasteiger partial charge in [-0.05, 0) is 44.6 Å². The Labute approximate surface area is 142 Å². The minimum absolute atomic E-state index is 0.0417. The molecule has 0 bridgehead atoms. The lowest BCUT2D eigenvalue weighted by molar-refractivity contribution is -0.121. The van der Waals surface area contributed by atoms with Crippen LogP contribution in [0.3, 0.4) is 0 Å². The maximum atomic E-state index is 12.4. The van der Waals surface area contributed by atoms with E-state index >= 15 is 0 Å². The average Bonchev–Trinajstić information content (AvgIpc) is 3.24. The molecule has 2 aromatic rings. The second-order valence-corrected chi connectivity index (χ2v) is 6.30. The number of carbonyl (C=O) groups excluding carboxylic acids is 1. The molecule has 2 N–H and O–H groups in total. The smallest absolute Gasteiger partial charge is 0.220 e. The molecule has 0 radical (unpaired) electrons. The summed E-state index contributed by atoms with van der Waals surface area (Å²) in [6.45, 7) is 4.82. The van der Waals surface area contributed by atoms with Crippen molar-refractivity contribution in [2.75, 3.05) is 0 Å². The Morgan fingerprint density at radius 3 is 3.00 bits per heavy atom. The lowest BCUT2D eigenvalue weighted by atomic mass is 9.94. The number of amides is 1. The van der Waals surface area contributed by atoms with Crippen LogP contribution in [-0.4, -0.2) is 30.9 Å². The first-order valence-electron chi connectivity index (χ1n) is 8.95. The number of hydrogen-bond donors (Lipinski definition) is 2. The quantitative estimate of drug-likeness (QED) is 0.813. The summed E-state index contributed by atoms with van der Waals surface area (Å²) in [5, 5.41) is 14.8. The van der Waals surface area contributed by atoms with Gasteiger partial charge in [0.05, 0.1) is 11.7 Å². The summed E-state index contributed by atoms with van der Waals surface area (Å²) in [7, 11) is 0. The van der Waals surface area contributed by atoms with Crippen molar-refractivity contribution in [1.82, 2.24) is 30.3 Å². The van der Waals surface area contributed by atoms with Gasteiger partial charge in [-0.2, -0.15) is 10.2 Å². The van der Waals surface area contributed by atoms with E-state index in [9.17, 15) is 4.79 Å². The molecule has 0 saturated carbocycles. The van der Waals surface area contributed by atoms with Crippen molar-refractivity contribution in [2.45, 2.75) is 71.4 Å². The zero-order valence-electron chi connectivity index (χ0n) is 14.5. The highest BCUT2D eigenvalue weighted by atomic mass is 16.1. The molecular formula is C17H26N6O. The Kier molecular flexibility index (Phi) is 5.27. The van der Waals surface area contributed by atoms with Crippen LogP contribution in [-0.2, 0) is 30.6 Å². The molecule has 0 unspecified atom stereocenters. The van der Waals surface area contributed by atoms with Gasteiger partial charge in [0.25, 0.3) is 0 Å². The van der Waals surface area contributed by atoms with Crippen molar-refractivity contribution in [2.24, 2.45) is 0 Å². The van der Waals surface area contributed by atoms with Gasteiger partial charge in [0.1, 0.15) is 12.2 Å². The summed E-state index contributed by atoms with van der Waals surface area (Å²) in [5.41, 5.74) is 3.66. The molecule has 7 heteroatoms. The molecule has 24 heavy (non-hydrogen) atoms. The van der Waals surface area contributed by atoms with E-state index in [1.807, 2.05) is 18.5 Å². The third kappa shape index (κ3) is 3.49. The number of hydrogen-bond acceptors (Lipinski definition) is 4. The number of aryl methyl sites for hydroxylation is 3. The van der Waals surface area contributed by atoms with Gasteiger partial charge in [0.15, 0.2) is 0 Å². The average molecular weight is 330 g/mol.